The summed E-state index contributed by atoms with van der Waals surface area (Å²) >= 11 is 0. The Morgan fingerprint density at radius 1 is 1.25 bits per heavy atom. The monoisotopic (exact) mass is 274 g/mol. The fourth-order valence-corrected chi connectivity index (χ4v) is 1.90. The van der Waals surface area contributed by atoms with E-state index in [1.165, 1.54) is 6.92 Å². The fraction of sp³-hybridized carbons (Fsp3) is 0.357. The van der Waals surface area contributed by atoms with E-state index in [0.29, 0.717) is 25.2 Å². The maximum absolute atomic E-state index is 11.9. The van der Waals surface area contributed by atoms with Crippen LogP contribution in [0.25, 0.3) is 5.65 Å². The van der Waals surface area contributed by atoms with Crippen LogP contribution in [0.2, 0.25) is 0 Å². The highest BCUT2D eigenvalue weighted by Crippen LogP contribution is 2.08. The van der Waals surface area contributed by atoms with E-state index in [0.717, 1.165) is 11.3 Å². The number of carbonyl (C=O) groups excluding carboxylic acids is 2. The van der Waals surface area contributed by atoms with Crippen LogP contribution in [-0.4, -0.2) is 34.3 Å². The molecule has 0 aromatic carbocycles. The molecule has 6 nitrogen and oxygen atoms in total. The fourth-order valence-electron chi connectivity index (χ4n) is 1.90. The second kappa shape index (κ2) is 6.18. The molecule has 0 aliphatic rings. The molecule has 106 valence electrons. The maximum atomic E-state index is 11.9. The first-order chi connectivity index (χ1) is 9.58. The quantitative estimate of drug-likeness (QED) is 0.795. The number of aryl methyl sites for hydroxylation is 1. The SMILES string of the molecule is CC(=O)NCCCNC(=O)c1cn2c(C)cccc2n1. The average molecular weight is 274 g/mol. The van der Waals surface area contributed by atoms with Gasteiger partial charge in [-0.15, -0.1) is 0 Å². The van der Waals surface area contributed by atoms with Crippen LogP contribution in [0.1, 0.15) is 29.5 Å². The normalized spacial score (nSPS) is 10.5. The lowest BCUT2D eigenvalue weighted by atomic mass is 10.3. The van der Waals surface area contributed by atoms with E-state index in [-0.39, 0.29) is 11.8 Å². The summed E-state index contributed by atoms with van der Waals surface area (Å²) in [4.78, 5) is 26.9. The van der Waals surface area contributed by atoms with Crippen molar-refractivity contribution in [2.45, 2.75) is 20.3 Å². The molecule has 0 aliphatic carbocycles. The Morgan fingerprint density at radius 3 is 2.70 bits per heavy atom. The van der Waals surface area contributed by atoms with Gasteiger partial charge in [-0.25, -0.2) is 4.98 Å². The molecule has 0 spiro atoms. The van der Waals surface area contributed by atoms with Crippen molar-refractivity contribution in [3.63, 3.8) is 0 Å². The molecule has 0 fully saturated rings. The standard InChI is InChI=1S/C14H18N4O2/c1-10-5-3-6-13-17-12(9-18(10)13)14(20)16-8-4-7-15-11(2)19/h3,5-6,9H,4,7-8H2,1-2H3,(H,15,19)(H,16,20). The van der Waals surface area contributed by atoms with Crippen molar-refractivity contribution in [2.75, 3.05) is 13.1 Å². The van der Waals surface area contributed by atoms with Gasteiger partial charge in [0.25, 0.3) is 5.91 Å². The van der Waals surface area contributed by atoms with Crippen molar-refractivity contribution in [3.8, 4) is 0 Å². The summed E-state index contributed by atoms with van der Waals surface area (Å²) in [6, 6.07) is 5.73. The van der Waals surface area contributed by atoms with Gasteiger partial charge in [0, 0.05) is 31.9 Å². The highest BCUT2D eigenvalue weighted by atomic mass is 16.2. The molecule has 0 saturated carbocycles. The first kappa shape index (κ1) is 14.0. The van der Waals surface area contributed by atoms with Crippen LogP contribution in [0.4, 0.5) is 0 Å². The second-order valence-electron chi connectivity index (χ2n) is 4.61. The third-order valence-electron chi connectivity index (χ3n) is 2.94. The van der Waals surface area contributed by atoms with Crippen LogP contribution < -0.4 is 10.6 Å². The lowest BCUT2D eigenvalue weighted by molar-refractivity contribution is -0.118. The van der Waals surface area contributed by atoms with E-state index in [1.807, 2.05) is 29.5 Å². The number of amides is 2. The van der Waals surface area contributed by atoms with Gasteiger partial charge in [0.05, 0.1) is 0 Å². The van der Waals surface area contributed by atoms with Gasteiger partial charge in [-0.05, 0) is 25.5 Å². The molecule has 2 rings (SSSR count). The van der Waals surface area contributed by atoms with E-state index in [4.69, 9.17) is 0 Å². The van der Waals surface area contributed by atoms with Gasteiger partial charge >= 0.3 is 0 Å². The Hall–Kier alpha value is -2.37. The van der Waals surface area contributed by atoms with Crippen LogP contribution >= 0.6 is 0 Å². The van der Waals surface area contributed by atoms with Crippen molar-refractivity contribution < 1.29 is 9.59 Å². The van der Waals surface area contributed by atoms with E-state index < -0.39 is 0 Å². The Balaban J connectivity index is 1.91. The van der Waals surface area contributed by atoms with Gasteiger partial charge in [0.2, 0.25) is 5.91 Å². The molecule has 2 aromatic heterocycles. The first-order valence-electron chi connectivity index (χ1n) is 6.55. The Kier molecular flexibility index (Phi) is 4.34. The number of rotatable bonds is 5. The summed E-state index contributed by atoms with van der Waals surface area (Å²) in [5.41, 5.74) is 2.19. The van der Waals surface area contributed by atoms with Gasteiger partial charge in [-0.1, -0.05) is 6.07 Å². The number of nitrogens with zero attached hydrogens (tertiary/aromatic N) is 2. The summed E-state index contributed by atoms with van der Waals surface area (Å²) in [6.07, 6.45) is 2.42. The van der Waals surface area contributed by atoms with Gasteiger partial charge < -0.3 is 15.0 Å². The van der Waals surface area contributed by atoms with Crippen molar-refractivity contribution in [1.29, 1.82) is 0 Å². The third-order valence-corrected chi connectivity index (χ3v) is 2.94. The first-order valence-corrected chi connectivity index (χ1v) is 6.55. The zero-order valence-electron chi connectivity index (χ0n) is 11.6. The van der Waals surface area contributed by atoms with Crippen LogP contribution in [0.5, 0.6) is 0 Å². The number of imidazole rings is 1. The molecule has 20 heavy (non-hydrogen) atoms. The smallest absolute Gasteiger partial charge is 0.271 e. The van der Waals surface area contributed by atoms with Crippen LogP contribution in [0.3, 0.4) is 0 Å². The van der Waals surface area contributed by atoms with Gasteiger partial charge in [-0.3, -0.25) is 9.59 Å². The summed E-state index contributed by atoms with van der Waals surface area (Å²) in [5.74, 6) is -0.261. The van der Waals surface area contributed by atoms with Crippen LogP contribution in [0, 0.1) is 6.92 Å². The summed E-state index contributed by atoms with van der Waals surface area (Å²) < 4.78 is 1.88. The summed E-state index contributed by atoms with van der Waals surface area (Å²) in [6.45, 7) is 4.49. The molecule has 0 atom stereocenters. The predicted octanol–water partition coefficient (Wildman–Crippen LogP) is 0.899. The minimum absolute atomic E-state index is 0.0628. The highest BCUT2D eigenvalue weighted by Gasteiger charge is 2.10. The van der Waals surface area contributed by atoms with Crippen molar-refractivity contribution in [2.24, 2.45) is 0 Å². The van der Waals surface area contributed by atoms with Gasteiger partial charge in [0.15, 0.2) is 0 Å². The van der Waals surface area contributed by atoms with Crippen molar-refractivity contribution in [1.82, 2.24) is 20.0 Å². The van der Waals surface area contributed by atoms with E-state index in [1.54, 1.807) is 6.20 Å². The minimum Gasteiger partial charge on any atom is -0.356 e. The summed E-state index contributed by atoms with van der Waals surface area (Å²) in [7, 11) is 0. The largest absolute Gasteiger partial charge is 0.356 e. The van der Waals surface area contributed by atoms with Crippen LogP contribution in [0.15, 0.2) is 24.4 Å². The van der Waals surface area contributed by atoms with Crippen molar-refractivity contribution in [3.05, 3.63) is 35.8 Å². The Labute approximate surface area is 117 Å². The lowest BCUT2D eigenvalue weighted by Gasteiger charge is -2.03. The average Bonchev–Trinajstić information content (AvgIpc) is 2.83. The minimum atomic E-state index is -0.198. The molecule has 0 aliphatic heterocycles. The maximum Gasteiger partial charge on any atom is 0.271 e. The van der Waals surface area contributed by atoms with Crippen LogP contribution in [-0.2, 0) is 4.79 Å². The predicted molar refractivity (Wildman–Crippen MR) is 75.6 cm³/mol. The third kappa shape index (κ3) is 3.34. The van der Waals surface area contributed by atoms with E-state index >= 15 is 0 Å². The Morgan fingerprint density at radius 2 is 2.00 bits per heavy atom. The number of hydrogen-bond acceptors (Lipinski definition) is 3. The number of nitrogens with one attached hydrogen (secondary N) is 2. The van der Waals surface area contributed by atoms with E-state index in [2.05, 4.69) is 15.6 Å². The molecule has 2 N–H and O–H groups in total. The molecule has 2 aromatic rings. The molecule has 2 heterocycles. The molecule has 0 saturated heterocycles. The molecular weight excluding hydrogens is 256 g/mol. The number of hydrogen-bond donors (Lipinski definition) is 2. The molecule has 0 bridgehead atoms. The zero-order chi connectivity index (χ0) is 14.5. The lowest BCUT2D eigenvalue weighted by Crippen LogP contribution is -2.28. The van der Waals surface area contributed by atoms with E-state index in [9.17, 15) is 9.59 Å². The number of carbonyl (C=O) groups is 2. The number of aromatic nitrogens is 2. The highest BCUT2D eigenvalue weighted by molar-refractivity contribution is 5.92. The van der Waals surface area contributed by atoms with Gasteiger partial charge in [0.1, 0.15) is 11.3 Å². The summed E-state index contributed by atoms with van der Waals surface area (Å²) in [5, 5.41) is 5.47. The van der Waals surface area contributed by atoms with Crippen molar-refractivity contribution >= 4 is 17.5 Å². The number of fused-ring (bicyclic) bond motifs is 1. The molecule has 0 unspecified atom stereocenters. The van der Waals surface area contributed by atoms with Gasteiger partial charge in [-0.2, -0.15) is 0 Å². The molecule has 2 amide bonds. The topological polar surface area (TPSA) is 75.5 Å². The Bertz CT molecular complexity index is 633. The second-order valence-corrected chi connectivity index (χ2v) is 4.61. The molecule has 6 heteroatoms. The molecule has 0 radical (unpaired) electrons. The number of pyridine rings is 1. The zero-order valence-corrected chi connectivity index (χ0v) is 11.6. The molecular formula is C14H18N4O2.